The van der Waals surface area contributed by atoms with Crippen LogP contribution in [0.25, 0.3) is 0 Å². The highest BCUT2D eigenvalue weighted by Gasteiger charge is 2.34. The molecular formula is C20H23N5O. The van der Waals surface area contributed by atoms with Gasteiger partial charge in [-0.1, -0.05) is 48.0 Å². The largest absolute Gasteiger partial charge is 0.368 e. The second-order valence-electron chi connectivity index (χ2n) is 6.40. The molecule has 6 nitrogen and oxygen atoms in total. The predicted molar refractivity (Wildman–Crippen MR) is 102 cm³/mol. The number of hydrogen-bond acceptors (Lipinski definition) is 4. The lowest BCUT2D eigenvalue weighted by Gasteiger charge is -2.31. The van der Waals surface area contributed by atoms with E-state index in [1.165, 1.54) is 11.9 Å². The van der Waals surface area contributed by atoms with Crippen molar-refractivity contribution >= 4 is 11.6 Å². The van der Waals surface area contributed by atoms with E-state index >= 15 is 0 Å². The highest BCUT2D eigenvalue weighted by molar-refractivity contribution is 5.90. The SMILES string of the molecule is Cc1ccc(N[C@@](C)(C(=O)NCCn2cncn2)c2ccccc2)cc1. The first-order valence-electron chi connectivity index (χ1n) is 8.59. The summed E-state index contributed by atoms with van der Waals surface area (Å²) in [5.74, 6) is -0.0932. The van der Waals surface area contributed by atoms with E-state index in [4.69, 9.17) is 0 Å². The third-order valence-corrected chi connectivity index (χ3v) is 4.34. The molecule has 0 aliphatic heterocycles. The first kappa shape index (κ1) is 17.7. The maximum Gasteiger partial charge on any atom is 0.250 e. The number of amides is 1. The third kappa shape index (κ3) is 4.08. The standard InChI is InChI=1S/C20H23N5O/c1-16-8-10-18(11-9-16)24-20(2,17-6-4-3-5-7-17)19(26)22-12-13-25-15-21-14-23-25/h3-11,14-15,24H,12-13H2,1-2H3,(H,22,26)/t20-/m1/s1. The Bertz CT molecular complexity index is 830. The van der Waals surface area contributed by atoms with Crippen LogP contribution < -0.4 is 10.6 Å². The van der Waals surface area contributed by atoms with E-state index in [0.717, 1.165) is 11.3 Å². The number of aromatic nitrogens is 3. The van der Waals surface area contributed by atoms with Gasteiger partial charge in [0.1, 0.15) is 18.2 Å². The molecule has 1 atom stereocenters. The van der Waals surface area contributed by atoms with Gasteiger partial charge in [-0.05, 0) is 31.5 Å². The fraction of sp³-hybridized carbons (Fsp3) is 0.250. The molecular weight excluding hydrogens is 326 g/mol. The van der Waals surface area contributed by atoms with Crippen molar-refractivity contribution in [3.63, 3.8) is 0 Å². The molecule has 0 aliphatic carbocycles. The van der Waals surface area contributed by atoms with Gasteiger partial charge >= 0.3 is 0 Å². The van der Waals surface area contributed by atoms with Crippen LogP contribution >= 0.6 is 0 Å². The van der Waals surface area contributed by atoms with Gasteiger partial charge in [-0.25, -0.2) is 4.98 Å². The lowest BCUT2D eigenvalue weighted by molar-refractivity contribution is -0.125. The molecule has 0 spiro atoms. The minimum atomic E-state index is -0.890. The van der Waals surface area contributed by atoms with E-state index in [1.54, 1.807) is 11.0 Å². The molecule has 3 rings (SSSR count). The third-order valence-electron chi connectivity index (χ3n) is 4.34. The molecule has 1 aromatic heterocycles. The van der Waals surface area contributed by atoms with E-state index in [2.05, 4.69) is 20.7 Å². The van der Waals surface area contributed by atoms with Crippen molar-refractivity contribution in [3.8, 4) is 0 Å². The van der Waals surface area contributed by atoms with Gasteiger partial charge in [-0.3, -0.25) is 9.48 Å². The topological polar surface area (TPSA) is 71.8 Å². The number of aryl methyl sites for hydroxylation is 1. The summed E-state index contributed by atoms with van der Waals surface area (Å²) >= 11 is 0. The van der Waals surface area contributed by atoms with Crippen LogP contribution in [0.3, 0.4) is 0 Å². The van der Waals surface area contributed by atoms with Crippen LogP contribution in [-0.4, -0.2) is 27.2 Å². The summed E-state index contributed by atoms with van der Waals surface area (Å²) in [7, 11) is 0. The first-order chi connectivity index (χ1) is 12.6. The molecule has 0 unspecified atom stereocenters. The number of carbonyl (C=O) groups excluding carboxylic acids is 1. The molecule has 2 aromatic carbocycles. The van der Waals surface area contributed by atoms with Gasteiger partial charge in [0.2, 0.25) is 5.91 Å². The zero-order chi connectivity index (χ0) is 18.4. The Balaban J connectivity index is 1.77. The number of benzene rings is 2. The van der Waals surface area contributed by atoms with Gasteiger partial charge in [0.05, 0.1) is 6.54 Å². The molecule has 1 heterocycles. The smallest absolute Gasteiger partial charge is 0.250 e. The van der Waals surface area contributed by atoms with Gasteiger partial charge in [-0.2, -0.15) is 5.10 Å². The molecule has 1 amide bonds. The molecule has 0 aliphatic rings. The summed E-state index contributed by atoms with van der Waals surface area (Å²) in [5.41, 5.74) is 2.08. The molecule has 134 valence electrons. The van der Waals surface area contributed by atoms with E-state index < -0.39 is 5.54 Å². The Hall–Kier alpha value is -3.15. The van der Waals surface area contributed by atoms with Crippen LogP contribution in [-0.2, 0) is 16.9 Å². The minimum Gasteiger partial charge on any atom is -0.368 e. The first-order valence-corrected chi connectivity index (χ1v) is 8.59. The van der Waals surface area contributed by atoms with Gasteiger partial charge in [-0.15, -0.1) is 0 Å². The maximum atomic E-state index is 13.0. The Kier molecular flexibility index (Phi) is 5.31. The average Bonchev–Trinajstić information content (AvgIpc) is 3.17. The highest BCUT2D eigenvalue weighted by Crippen LogP contribution is 2.26. The molecule has 3 aromatic rings. The van der Waals surface area contributed by atoms with Gasteiger partial charge in [0, 0.05) is 12.2 Å². The molecule has 6 heteroatoms. The zero-order valence-corrected chi connectivity index (χ0v) is 15.0. The average molecular weight is 349 g/mol. The van der Waals surface area contributed by atoms with Crippen molar-refractivity contribution in [1.82, 2.24) is 20.1 Å². The molecule has 0 radical (unpaired) electrons. The van der Waals surface area contributed by atoms with E-state index in [0.29, 0.717) is 13.1 Å². The monoisotopic (exact) mass is 349 g/mol. The van der Waals surface area contributed by atoms with Crippen LogP contribution in [0.1, 0.15) is 18.1 Å². The van der Waals surface area contributed by atoms with Crippen molar-refractivity contribution in [2.24, 2.45) is 0 Å². The lowest BCUT2D eigenvalue weighted by atomic mass is 9.90. The molecule has 0 saturated carbocycles. The Morgan fingerprint density at radius 3 is 2.50 bits per heavy atom. The summed E-state index contributed by atoms with van der Waals surface area (Å²) in [6, 6.07) is 17.8. The van der Waals surface area contributed by atoms with Crippen molar-refractivity contribution < 1.29 is 4.79 Å². The molecule has 0 bridgehead atoms. The molecule has 2 N–H and O–H groups in total. The lowest BCUT2D eigenvalue weighted by Crippen LogP contribution is -2.48. The normalized spacial score (nSPS) is 13.0. The van der Waals surface area contributed by atoms with Crippen LogP contribution in [0.15, 0.2) is 67.3 Å². The van der Waals surface area contributed by atoms with Gasteiger partial charge in [0.25, 0.3) is 0 Å². The summed E-state index contributed by atoms with van der Waals surface area (Å²) in [6.07, 6.45) is 3.11. The van der Waals surface area contributed by atoms with Crippen LogP contribution in [0, 0.1) is 6.92 Å². The number of nitrogens with zero attached hydrogens (tertiary/aromatic N) is 3. The summed E-state index contributed by atoms with van der Waals surface area (Å²) in [5, 5.41) is 10.4. The van der Waals surface area contributed by atoms with E-state index in [1.807, 2.05) is 68.4 Å². The molecule has 0 fully saturated rings. The van der Waals surface area contributed by atoms with Crippen molar-refractivity contribution in [2.45, 2.75) is 25.9 Å². The minimum absolute atomic E-state index is 0.0932. The van der Waals surface area contributed by atoms with Crippen molar-refractivity contribution in [2.75, 3.05) is 11.9 Å². The van der Waals surface area contributed by atoms with E-state index in [-0.39, 0.29) is 5.91 Å². The second-order valence-corrected chi connectivity index (χ2v) is 6.40. The zero-order valence-electron chi connectivity index (χ0n) is 15.0. The Morgan fingerprint density at radius 2 is 1.85 bits per heavy atom. The van der Waals surface area contributed by atoms with E-state index in [9.17, 15) is 4.79 Å². The summed E-state index contributed by atoms with van der Waals surface area (Å²) < 4.78 is 1.69. The number of anilines is 1. The summed E-state index contributed by atoms with van der Waals surface area (Å²) in [6.45, 7) is 4.98. The van der Waals surface area contributed by atoms with Crippen molar-refractivity contribution in [1.29, 1.82) is 0 Å². The summed E-state index contributed by atoms with van der Waals surface area (Å²) in [4.78, 5) is 17.0. The van der Waals surface area contributed by atoms with Crippen LogP contribution in [0.2, 0.25) is 0 Å². The highest BCUT2D eigenvalue weighted by atomic mass is 16.2. The quantitative estimate of drug-likeness (QED) is 0.688. The predicted octanol–water partition coefficient (Wildman–Crippen LogP) is 2.73. The Labute approximate surface area is 153 Å². The fourth-order valence-corrected chi connectivity index (χ4v) is 2.77. The van der Waals surface area contributed by atoms with Gasteiger partial charge < -0.3 is 10.6 Å². The number of nitrogens with one attached hydrogen (secondary N) is 2. The second kappa shape index (κ2) is 7.82. The van der Waals surface area contributed by atoms with Gasteiger partial charge in [0.15, 0.2) is 0 Å². The van der Waals surface area contributed by atoms with Crippen LogP contribution in [0.5, 0.6) is 0 Å². The number of rotatable bonds is 7. The van der Waals surface area contributed by atoms with Crippen LogP contribution in [0.4, 0.5) is 5.69 Å². The molecule has 26 heavy (non-hydrogen) atoms. The number of hydrogen-bond donors (Lipinski definition) is 2. The van der Waals surface area contributed by atoms with Crippen molar-refractivity contribution in [3.05, 3.63) is 78.4 Å². The number of carbonyl (C=O) groups is 1. The maximum absolute atomic E-state index is 13.0. The fourth-order valence-electron chi connectivity index (χ4n) is 2.77. The molecule has 0 saturated heterocycles. The Morgan fingerprint density at radius 1 is 1.12 bits per heavy atom.